The van der Waals surface area contributed by atoms with Crippen LogP contribution in [0.25, 0.3) is 0 Å². The topological polar surface area (TPSA) is 81.4 Å². The lowest BCUT2D eigenvalue weighted by Gasteiger charge is -2.27. The standard InChI is InChI=1S/C23H30N2O4/c1-15-12-19(16-7-10-28-11-8-16)29-22(27)20(15)21(26)25-18(13-23(2,3)4)17-6-5-9-24-14-17/h5-6,9,12,14,16,18H,7-8,10-11,13H2,1-4H3,(H,25,26). The summed E-state index contributed by atoms with van der Waals surface area (Å²) in [5.74, 6) is 0.398. The summed E-state index contributed by atoms with van der Waals surface area (Å²) in [4.78, 5) is 29.9. The van der Waals surface area contributed by atoms with Gasteiger partial charge in [0.2, 0.25) is 0 Å². The third-order valence-electron chi connectivity index (χ3n) is 5.23. The van der Waals surface area contributed by atoms with Crippen molar-refractivity contribution in [1.82, 2.24) is 10.3 Å². The molecule has 1 amide bonds. The molecule has 1 aliphatic heterocycles. The van der Waals surface area contributed by atoms with E-state index in [4.69, 9.17) is 9.15 Å². The molecule has 3 heterocycles. The maximum atomic E-state index is 13.0. The number of rotatable bonds is 5. The number of aromatic nitrogens is 1. The van der Waals surface area contributed by atoms with Gasteiger partial charge in [-0.1, -0.05) is 26.8 Å². The van der Waals surface area contributed by atoms with Gasteiger partial charge in [-0.3, -0.25) is 9.78 Å². The lowest BCUT2D eigenvalue weighted by atomic mass is 9.85. The fourth-order valence-electron chi connectivity index (χ4n) is 3.77. The predicted octanol–water partition coefficient (Wildman–Crippen LogP) is 4.14. The summed E-state index contributed by atoms with van der Waals surface area (Å²) in [6.07, 6.45) is 5.81. The average Bonchev–Trinajstić information content (AvgIpc) is 2.67. The predicted molar refractivity (Wildman–Crippen MR) is 111 cm³/mol. The van der Waals surface area contributed by atoms with Crippen molar-refractivity contribution in [2.45, 2.75) is 58.9 Å². The Bertz CT molecular complexity index is 893. The largest absolute Gasteiger partial charge is 0.427 e. The first-order valence-corrected chi connectivity index (χ1v) is 10.2. The summed E-state index contributed by atoms with van der Waals surface area (Å²) in [5, 5.41) is 3.03. The van der Waals surface area contributed by atoms with Gasteiger partial charge in [0.05, 0.1) is 6.04 Å². The Hall–Kier alpha value is -2.47. The second kappa shape index (κ2) is 8.91. The zero-order valence-corrected chi connectivity index (χ0v) is 17.7. The highest BCUT2D eigenvalue weighted by Gasteiger charge is 2.26. The number of ether oxygens (including phenoxy) is 1. The van der Waals surface area contributed by atoms with Crippen molar-refractivity contribution in [3.05, 3.63) is 63.5 Å². The van der Waals surface area contributed by atoms with E-state index in [9.17, 15) is 9.59 Å². The van der Waals surface area contributed by atoms with Crippen LogP contribution in [0, 0.1) is 12.3 Å². The summed E-state index contributed by atoms with van der Waals surface area (Å²) in [5.41, 5.74) is 1.03. The van der Waals surface area contributed by atoms with E-state index in [0.29, 0.717) is 24.5 Å². The van der Waals surface area contributed by atoms with E-state index in [1.54, 1.807) is 19.3 Å². The number of carbonyl (C=O) groups is 1. The van der Waals surface area contributed by atoms with E-state index >= 15 is 0 Å². The van der Waals surface area contributed by atoms with Crippen molar-refractivity contribution in [1.29, 1.82) is 0 Å². The molecule has 2 aromatic rings. The molecule has 3 rings (SSSR count). The Labute approximate surface area is 171 Å². The number of hydrogen-bond acceptors (Lipinski definition) is 5. The van der Waals surface area contributed by atoms with E-state index in [-0.39, 0.29) is 22.9 Å². The second-order valence-electron chi connectivity index (χ2n) is 8.96. The van der Waals surface area contributed by atoms with Gasteiger partial charge in [-0.15, -0.1) is 0 Å². The van der Waals surface area contributed by atoms with Crippen LogP contribution >= 0.6 is 0 Å². The fourth-order valence-corrected chi connectivity index (χ4v) is 3.77. The first-order valence-electron chi connectivity index (χ1n) is 10.2. The molecule has 156 valence electrons. The molecule has 1 aliphatic rings. The highest BCUT2D eigenvalue weighted by Crippen LogP contribution is 2.30. The van der Waals surface area contributed by atoms with Crippen LogP contribution in [0.5, 0.6) is 0 Å². The first kappa shape index (κ1) is 21.2. The molecule has 29 heavy (non-hydrogen) atoms. The van der Waals surface area contributed by atoms with E-state index in [1.807, 2.05) is 18.2 Å². The van der Waals surface area contributed by atoms with E-state index in [0.717, 1.165) is 24.8 Å². The molecule has 1 fully saturated rings. The van der Waals surface area contributed by atoms with Crippen molar-refractivity contribution in [2.24, 2.45) is 5.41 Å². The lowest BCUT2D eigenvalue weighted by molar-refractivity contribution is 0.0795. The fraction of sp³-hybridized carbons (Fsp3) is 0.522. The molecule has 0 bridgehead atoms. The average molecular weight is 399 g/mol. The summed E-state index contributed by atoms with van der Waals surface area (Å²) in [7, 11) is 0. The summed E-state index contributed by atoms with van der Waals surface area (Å²) < 4.78 is 10.9. The van der Waals surface area contributed by atoms with Gasteiger partial charge >= 0.3 is 5.63 Å². The Morgan fingerprint density at radius 1 is 1.31 bits per heavy atom. The van der Waals surface area contributed by atoms with E-state index < -0.39 is 11.5 Å². The van der Waals surface area contributed by atoms with Crippen LogP contribution in [0.2, 0.25) is 0 Å². The Balaban J connectivity index is 1.85. The van der Waals surface area contributed by atoms with Crippen molar-refractivity contribution in [2.75, 3.05) is 13.2 Å². The van der Waals surface area contributed by atoms with Crippen molar-refractivity contribution in [3.63, 3.8) is 0 Å². The molecule has 1 unspecified atom stereocenters. The molecule has 0 saturated carbocycles. The van der Waals surface area contributed by atoms with E-state index in [1.165, 1.54) is 0 Å². The SMILES string of the molecule is Cc1cc(C2CCOCC2)oc(=O)c1C(=O)NC(CC(C)(C)C)c1cccnc1. The van der Waals surface area contributed by atoms with Crippen LogP contribution < -0.4 is 10.9 Å². The molecule has 6 nitrogen and oxygen atoms in total. The van der Waals surface area contributed by atoms with Crippen LogP contribution in [0.3, 0.4) is 0 Å². The van der Waals surface area contributed by atoms with Gasteiger partial charge in [0, 0.05) is 31.5 Å². The van der Waals surface area contributed by atoms with Crippen molar-refractivity contribution in [3.8, 4) is 0 Å². The zero-order valence-electron chi connectivity index (χ0n) is 17.7. The quantitative estimate of drug-likeness (QED) is 0.818. The van der Waals surface area contributed by atoms with Gasteiger partial charge < -0.3 is 14.5 Å². The monoisotopic (exact) mass is 398 g/mol. The minimum Gasteiger partial charge on any atom is -0.427 e. The molecule has 0 aliphatic carbocycles. The number of nitrogens with zero attached hydrogens (tertiary/aromatic N) is 1. The summed E-state index contributed by atoms with van der Waals surface area (Å²) in [6, 6.07) is 5.37. The molecule has 0 spiro atoms. The van der Waals surface area contributed by atoms with Gasteiger partial charge in [0.25, 0.3) is 5.91 Å². The molecule has 0 radical (unpaired) electrons. The van der Waals surface area contributed by atoms with E-state index in [2.05, 4.69) is 31.1 Å². The van der Waals surface area contributed by atoms with Crippen LogP contribution in [-0.2, 0) is 4.74 Å². The van der Waals surface area contributed by atoms with Gasteiger partial charge in [0.15, 0.2) is 0 Å². The van der Waals surface area contributed by atoms with Crippen LogP contribution in [0.15, 0.2) is 39.8 Å². The smallest absolute Gasteiger partial charge is 0.349 e. The number of amides is 1. The van der Waals surface area contributed by atoms with Crippen LogP contribution in [-0.4, -0.2) is 24.1 Å². The summed E-state index contributed by atoms with van der Waals surface area (Å²) >= 11 is 0. The number of nitrogens with one attached hydrogen (secondary N) is 1. The van der Waals surface area contributed by atoms with Crippen molar-refractivity contribution >= 4 is 5.91 Å². The van der Waals surface area contributed by atoms with Gasteiger partial charge in [-0.05, 0) is 54.9 Å². The molecule has 1 atom stereocenters. The molecule has 1 N–H and O–H groups in total. The third kappa shape index (κ3) is 5.54. The normalized spacial score (nSPS) is 16.4. The Kier molecular flexibility index (Phi) is 6.52. The van der Waals surface area contributed by atoms with Gasteiger partial charge in [-0.2, -0.15) is 0 Å². The molecule has 6 heteroatoms. The number of aryl methyl sites for hydroxylation is 1. The van der Waals surface area contributed by atoms with Gasteiger partial charge in [0.1, 0.15) is 11.3 Å². The Morgan fingerprint density at radius 2 is 2.03 bits per heavy atom. The van der Waals surface area contributed by atoms with Crippen molar-refractivity contribution < 1.29 is 13.9 Å². The maximum absolute atomic E-state index is 13.0. The molecule has 2 aromatic heterocycles. The molecule has 0 aromatic carbocycles. The minimum absolute atomic E-state index is 0.0135. The third-order valence-corrected chi connectivity index (χ3v) is 5.23. The van der Waals surface area contributed by atoms with Crippen LogP contribution in [0.4, 0.5) is 0 Å². The lowest BCUT2D eigenvalue weighted by Crippen LogP contribution is -2.35. The zero-order chi connectivity index (χ0) is 21.0. The minimum atomic E-state index is -0.579. The number of hydrogen-bond donors (Lipinski definition) is 1. The van der Waals surface area contributed by atoms with Gasteiger partial charge in [-0.25, -0.2) is 4.79 Å². The maximum Gasteiger partial charge on any atom is 0.349 e. The number of carbonyl (C=O) groups excluding carboxylic acids is 1. The second-order valence-corrected chi connectivity index (χ2v) is 8.96. The molecular weight excluding hydrogens is 368 g/mol. The summed E-state index contributed by atoms with van der Waals surface area (Å²) in [6.45, 7) is 9.46. The van der Waals surface area contributed by atoms with Crippen LogP contribution in [0.1, 0.15) is 79.2 Å². The highest BCUT2D eigenvalue weighted by atomic mass is 16.5. The molecule has 1 saturated heterocycles. The molecular formula is C23H30N2O4. The number of pyridine rings is 1. The first-order chi connectivity index (χ1) is 13.7. The highest BCUT2D eigenvalue weighted by molar-refractivity contribution is 5.95. The Morgan fingerprint density at radius 3 is 2.62 bits per heavy atom.